The maximum Gasteiger partial charge on any atom is 0.260 e. The number of methoxy groups -OCH3 is 1. The number of phenolic OH excluding ortho intramolecular Hbond substituents is 2. The first-order valence-electron chi connectivity index (χ1n) is 17.3. The van der Waals surface area contributed by atoms with Gasteiger partial charge in [-0.2, -0.15) is 0 Å². The average Bonchev–Trinajstić information content (AvgIpc) is 3.31. The Kier molecular flexibility index (Phi) is 9.28. The summed E-state index contributed by atoms with van der Waals surface area (Å²) in [7, 11) is 1.34. The topological polar surface area (TPSA) is 155 Å². The minimum Gasteiger partial charge on any atom is -0.511 e. The molecular formula is C37H51NO9. The lowest BCUT2D eigenvalue weighted by molar-refractivity contribution is -0.356. The molecule has 1 aromatic rings. The van der Waals surface area contributed by atoms with Gasteiger partial charge in [0, 0.05) is 31.4 Å². The highest BCUT2D eigenvalue weighted by atomic mass is 16.7. The molecule has 47 heavy (non-hydrogen) atoms. The number of ketones is 1. The molecule has 3 saturated heterocycles. The van der Waals surface area contributed by atoms with Crippen LogP contribution >= 0.6 is 0 Å². The van der Waals surface area contributed by atoms with Crippen molar-refractivity contribution in [1.29, 1.82) is 0 Å². The van der Waals surface area contributed by atoms with Gasteiger partial charge in [0.15, 0.2) is 12.0 Å². The molecule has 13 atom stereocenters. The van der Waals surface area contributed by atoms with E-state index in [9.17, 15) is 30.0 Å². The van der Waals surface area contributed by atoms with E-state index in [0.29, 0.717) is 24.8 Å². The number of amides is 1. The summed E-state index contributed by atoms with van der Waals surface area (Å²) in [5.74, 6) is -3.08. The number of carbonyl (C=O) groups excluding carboxylic acids is 2. The van der Waals surface area contributed by atoms with Crippen molar-refractivity contribution in [3.05, 3.63) is 46.7 Å². The number of rotatable bonds is 5. The molecule has 1 aromatic carbocycles. The number of fused-ring (bicyclic) bond motifs is 1. The quantitative estimate of drug-likeness (QED) is 0.121. The number of phenols is 2. The van der Waals surface area contributed by atoms with Gasteiger partial charge in [-0.25, -0.2) is 0 Å². The molecule has 5 aliphatic rings. The van der Waals surface area contributed by atoms with Crippen LogP contribution < -0.4 is 5.32 Å². The molecule has 10 heteroatoms. The van der Waals surface area contributed by atoms with Gasteiger partial charge >= 0.3 is 0 Å². The zero-order chi connectivity index (χ0) is 33.9. The van der Waals surface area contributed by atoms with Crippen molar-refractivity contribution in [2.45, 2.75) is 103 Å². The van der Waals surface area contributed by atoms with Crippen LogP contribution in [-0.4, -0.2) is 63.4 Å². The van der Waals surface area contributed by atoms with Gasteiger partial charge in [-0.1, -0.05) is 39.3 Å². The number of aliphatic hydroxyl groups is 2. The second kappa shape index (κ2) is 12.8. The highest BCUT2D eigenvalue weighted by Crippen LogP contribution is 2.55. The highest BCUT2D eigenvalue weighted by Gasteiger charge is 2.54. The van der Waals surface area contributed by atoms with E-state index >= 15 is 0 Å². The third kappa shape index (κ3) is 6.00. The lowest BCUT2D eigenvalue weighted by Gasteiger charge is -2.54. The van der Waals surface area contributed by atoms with Crippen molar-refractivity contribution < 1.29 is 44.2 Å². The summed E-state index contributed by atoms with van der Waals surface area (Å²) in [5, 5.41) is 46.0. The maximum atomic E-state index is 13.3. The summed E-state index contributed by atoms with van der Waals surface area (Å²) >= 11 is 0. The number of allylic oxidation sites excluding steroid dienone is 3. The van der Waals surface area contributed by atoms with E-state index in [0.717, 1.165) is 24.8 Å². The minimum atomic E-state index is -1.14. The lowest BCUT2D eigenvalue weighted by Crippen LogP contribution is -2.55. The second-order valence-electron chi connectivity index (χ2n) is 15.2. The monoisotopic (exact) mass is 653 g/mol. The van der Waals surface area contributed by atoms with Gasteiger partial charge in [0.1, 0.15) is 22.8 Å². The number of aliphatic hydroxyl groups excluding tert-OH is 2. The van der Waals surface area contributed by atoms with Crippen LogP contribution in [0.3, 0.4) is 0 Å². The molecule has 2 aliphatic carbocycles. The molecule has 0 radical (unpaired) electrons. The first-order chi connectivity index (χ1) is 22.2. The predicted molar refractivity (Wildman–Crippen MR) is 173 cm³/mol. The van der Waals surface area contributed by atoms with Crippen LogP contribution in [0.1, 0.15) is 84.8 Å². The van der Waals surface area contributed by atoms with Crippen molar-refractivity contribution in [2.24, 2.45) is 47.3 Å². The molecular weight excluding hydrogens is 602 g/mol. The van der Waals surface area contributed by atoms with E-state index in [1.165, 1.54) is 13.2 Å². The van der Waals surface area contributed by atoms with Gasteiger partial charge in [-0.05, 0) is 92.2 Å². The van der Waals surface area contributed by atoms with Crippen LogP contribution in [0.25, 0.3) is 0 Å². The molecule has 1 spiro atoms. The minimum absolute atomic E-state index is 0.0225. The Hall–Kier alpha value is -2.92. The second-order valence-corrected chi connectivity index (χ2v) is 15.2. The third-order valence-electron chi connectivity index (χ3n) is 12.2. The van der Waals surface area contributed by atoms with E-state index in [4.69, 9.17) is 14.2 Å². The molecule has 4 fully saturated rings. The summed E-state index contributed by atoms with van der Waals surface area (Å²) in [4.78, 5) is 26.3. The lowest BCUT2D eigenvalue weighted by atomic mass is 9.56. The van der Waals surface area contributed by atoms with Crippen LogP contribution in [0, 0.1) is 47.3 Å². The molecule has 6 rings (SSSR count). The van der Waals surface area contributed by atoms with E-state index in [2.05, 4.69) is 39.1 Å². The van der Waals surface area contributed by atoms with Crippen molar-refractivity contribution in [2.75, 3.05) is 7.11 Å². The van der Waals surface area contributed by atoms with Crippen molar-refractivity contribution in [1.82, 2.24) is 5.32 Å². The van der Waals surface area contributed by atoms with E-state index < -0.39 is 35.7 Å². The summed E-state index contributed by atoms with van der Waals surface area (Å²) in [6, 6.07) is 4.57. The van der Waals surface area contributed by atoms with Crippen LogP contribution in [0.5, 0.6) is 11.5 Å². The number of hydrogen-bond acceptors (Lipinski definition) is 9. The van der Waals surface area contributed by atoms with Gasteiger partial charge in [0.25, 0.3) is 5.91 Å². The Morgan fingerprint density at radius 2 is 1.72 bits per heavy atom. The first-order valence-corrected chi connectivity index (χ1v) is 17.3. The molecule has 258 valence electrons. The number of carbonyl (C=O) groups is 2. The largest absolute Gasteiger partial charge is 0.511 e. The van der Waals surface area contributed by atoms with Crippen molar-refractivity contribution in [3.63, 3.8) is 0 Å². The van der Waals surface area contributed by atoms with Gasteiger partial charge < -0.3 is 40.0 Å². The summed E-state index contributed by atoms with van der Waals surface area (Å²) in [6.45, 7) is 10.5. The zero-order valence-corrected chi connectivity index (χ0v) is 28.3. The molecule has 1 amide bonds. The molecule has 3 heterocycles. The van der Waals surface area contributed by atoms with Gasteiger partial charge in [0.2, 0.25) is 5.78 Å². The summed E-state index contributed by atoms with van der Waals surface area (Å²) in [5.41, 5.74) is 1.53. The molecule has 0 aromatic heterocycles. The first kappa shape index (κ1) is 34.0. The van der Waals surface area contributed by atoms with Crippen LogP contribution in [-0.2, 0) is 23.8 Å². The average molecular weight is 654 g/mol. The number of aromatic hydroxyl groups is 2. The highest BCUT2D eigenvalue weighted by molar-refractivity contribution is 6.26. The Balaban J connectivity index is 1.35. The Morgan fingerprint density at radius 1 is 1.02 bits per heavy atom. The number of ether oxygens (including phenoxy) is 3. The molecule has 5 N–H and O–H groups in total. The molecule has 5 unspecified atom stereocenters. The number of benzene rings is 1. The van der Waals surface area contributed by atoms with E-state index in [1.54, 1.807) is 12.1 Å². The van der Waals surface area contributed by atoms with E-state index in [1.807, 2.05) is 6.92 Å². The number of hydrogen-bond donors (Lipinski definition) is 5. The number of nitrogens with one attached hydrogen (secondary N) is 1. The Labute approximate surface area is 277 Å². The molecule has 1 saturated carbocycles. The predicted octanol–water partition coefficient (Wildman–Crippen LogP) is 5.43. The Morgan fingerprint density at radius 3 is 2.38 bits per heavy atom. The van der Waals surface area contributed by atoms with E-state index in [-0.39, 0.29) is 76.5 Å². The fourth-order valence-electron chi connectivity index (χ4n) is 9.55. The number of Topliss-reactive ketones (excluding diaryl/α,β-unsaturated/α-hetero) is 1. The smallest absolute Gasteiger partial charge is 0.260 e. The van der Waals surface area contributed by atoms with Crippen molar-refractivity contribution >= 4 is 11.7 Å². The molecule has 10 nitrogen and oxygen atoms in total. The molecule has 0 bridgehead atoms. The molecule has 3 aliphatic heterocycles. The van der Waals surface area contributed by atoms with Crippen LogP contribution in [0.15, 0.2) is 41.2 Å². The van der Waals surface area contributed by atoms with Gasteiger partial charge in [-0.3, -0.25) is 9.59 Å². The van der Waals surface area contributed by atoms with Crippen LogP contribution in [0.4, 0.5) is 0 Å². The third-order valence-corrected chi connectivity index (χ3v) is 12.2. The Bertz CT molecular complexity index is 1430. The summed E-state index contributed by atoms with van der Waals surface area (Å²) in [6.07, 6.45) is 4.26. The fourth-order valence-corrected chi connectivity index (χ4v) is 9.55. The van der Waals surface area contributed by atoms with Crippen LogP contribution in [0.2, 0.25) is 0 Å². The zero-order valence-electron chi connectivity index (χ0n) is 28.3. The van der Waals surface area contributed by atoms with Crippen molar-refractivity contribution in [3.8, 4) is 11.5 Å². The maximum absolute atomic E-state index is 13.3. The normalized spacial score (nSPS) is 43.3. The standard InChI is InChI=1S/C37H51NO9/c1-17-9-10-37(47-34(17)23-13-24(39)15-25(40)14-23)20(4)11-19(3)28(46-37)16-26-18(2)12-22-7-8-27(41)21(5)29(22)30(26)32(42)31-33(43)36(45-6)38-35(31)44/h12-15,17,19-22,26-30,34,36,39-42H,7-11,16H2,1-6H3,(H,38,44)/b32-31-/t17-,19-,20-,21?,22?,26+,27+,28+,29?,30-,34-,36?,37?/m0/s1. The fraction of sp³-hybridized carbons (Fsp3) is 0.676. The summed E-state index contributed by atoms with van der Waals surface area (Å²) < 4.78 is 19.2. The van der Waals surface area contributed by atoms with Gasteiger partial charge in [0.05, 0.1) is 18.3 Å². The van der Waals surface area contributed by atoms with Gasteiger partial charge in [-0.15, -0.1) is 0 Å². The SMILES string of the molecule is COC1NC(=O)/C(=C(\O)[C@@H]2C3C(C=C(C)[C@H]2C[C@H]2OC4(CC[C@H](C)[C@@H](c5cc(O)cc(O)c5)O4)[C@@H](C)C[C@@H]2C)CC[C@@H](O)C3C)C1=O.